The molecule has 17 heavy (non-hydrogen) atoms. The molecule has 5 nitrogen and oxygen atoms in total. The van der Waals surface area contributed by atoms with E-state index in [1.807, 2.05) is 10.9 Å². The molecule has 5 heteroatoms. The number of hydrogen-bond donors (Lipinski definition) is 1. The van der Waals surface area contributed by atoms with E-state index in [1.54, 1.807) is 0 Å². The van der Waals surface area contributed by atoms with E-state index in [2.05, 4.69) is 24.2 Å². The van der Waals surface area contributed by atoms with E-state index in [1.165, 1.54) is 6.42 Å². The van der Waals surface area contributed by atoms with Crippen molar-refractivity contribution in [2.75, 3.05) is 0 Å². The first-order valence-corrected chi connectivity index (χ1v) is 6.18. The van der Waals surface area contributed by atoms with Crippen molar-refractivity contribution in [2.24, 2.45) is 5.92 Å². The molecular formula is C12H21N3O2. The highest BCUT2D eigenvalue weighted by atomic mass is 16.4. The van der Waals surface area contributed by atoms with Crippen molar-refractivity contribution in [1.29, 1.82) is 0 Å². The largest absolute Gasteiger partial charge is 0.481 e. The van der Waals surface area contributed by atoms with E-state index in [0.717, 1.165) is 18.7 Å². The van der Waals surface area contributed by atoms with E-state index in [4.69, 9.17) is 5.11 Å². The van der Waals surface area contributed by atoms with Crippen molar-refractivity contribution in [2.45, 2.75) is 52.5 Å². The van der Waals surface area contributed by atoms with Crippen LogP contribution in [0.15, 0.2) is 6.20 Å². The number of carboxylic acid groups (broad SMARTS) is 1. The van der Waals surface area contributed by atoms with Gasteiger partial charge in [0.2, 0.25) is 0 Å². The Morgan fingerprint density at radius 3 is 2.88 bits per heavy atom. The molecule has 0 aliphatic heterocycles. The number of nitrogens with zero attached hydrogens (tertiary/aromatic N) is 3. The van der Waals surface area contributed by atoms with Crippen LogP contribution in [-0.2, 0) is 17.8 Å². The number of rotatable bonds is 8. The molecule has 0 fully saturated rings. The van der Waals surface area contributed by atoms with Crippen LogP contribution in [0.1, 0.15) is 45.2 Å². The molecule has 0 amide bonds. The highest BCUT2D eigenvalue weighted by molar-refractivity contribution is 5.66. The van der Waals surface area contributed by atoms with Gasteiger partial charge in [0, 0.05) is 19.2 Å². The van der Waals surface area contributed by atoms with Gasteiger partial charge in [-0.25, -0.2) is 0 Å². The van der Waals surface area contributed by atoms with Crippen LogP contribution in [0.5, 0.6) is 0 Å². The summed E-state index contributed by atoms with van der Waals surface area (Å²) < 4.78 is 1.85. The molecule has 96 valence electrons. The molecule has 0 saturated heterocycles. The number of carboxylic acids is 1. The Kier molecular flexibility index (Phi) is 5.66. The molecule has 1 heterocycles. The molecule has 0 unspecified atom stereocenters. The molecule has 0 aromatic carbocycles. The lowest BCUT2D eigenvalue weighted by Gasteiger charge is -2.03. The van der Waals surface area contributed by atoms with Crippen molar-refractivity contribution in [3.8, 4) is 0 Å². The van der Waals surface area contributed by atoms with E-state index < -0.39 is 5.97 Å². The fraction of sp³-hybridized carbons (Fsp3) is 0.750. The molecule has 0 bridgehead atoms. The first-order valence-electron chi connectivity index (χ1n) is 6.18. The molecule has 0 aliphatic carbocycles. The zero-order valence-electron chi connectivity index (χ0n) is 10.6. The Morgan fingerprint density at radius 1 is 1.47 bits per heavy atom. The first kappa shape index (κ1) is 13.7. The number of aryl methyl sites for hydroxylation is 2. The summed E-state index contributed by atoms with van der Waals surface area (Å²) in [4.78, 5) is 10.4. The summed E-state index contributed by atoms with van der Waals surface area (Å²) in [5.74, 6) is -0.0390. The molecular weight excluding hydrogens is 218 g/mol. The monoisotopic (exact) mass is 239 g/mol. The quantitative estimate of drug-likeness (QED) is 0.754. The molecule has 0 saturated carbocycles. The lowest BCUT2D eigenvalue weighted by Crippen LogP contribution is -2.00. The fourth-order valence-corrected chi connectivity index (χ4v) is 1.64. The summed E-state index contributed by atoms with van der Waals surface area (Å²) in [6, 6.07) is 0. The highest BCUT2D eigenvalue weighted by Gasteiger charge is 2.03. The standard InChI is InChI=1S/C12H21N3O2/c1-10(2)5-4-8-15-9-11(13-14-15)6-3-7-12(16)17/h9-10H,3-8H2,1-2H3,(H,16,17). The fourth-order valence-electron chi connectivity index (χ4n) is 1.64. The van der Waals surface area contributed by atoms with Crippen LogP contribution < -0.4 is 0 Å². The predicted molar refractivity (Wildman–Crippen MR) is 64.7 cm³/mol. The lowest BCUT2D eigenvalue weighted by atomic mass is 10.1. The van der Waals surface area contributed by atoms with E-state index in [9.17, 15) is 4.79 Å². The minimum absolute atomic E-state index is 0.195. The molecule has 1 N–H and O–H groups in total. The van der Waals surface area contributed by atoms with Crippen molar-refractivity contribution >= 4 is 5.97 Å². The van der Waals surface area contributed by atoms with Gasteiger partial charge in [-0.3, -0.25) is 9.48 Å². The summed E-state index contributed by atoms with van der Waals surface area (Å²) in [7, 11) is 0. The van der Waals surface area contributed by atoms with Gasteiger partial charge in [0.25, 0.3) is 0 Å². The summed E-state index contributed by atoms with van der Waals surface area (Å²) in [6.07, 6.45) is 5.72. The van der Waals surface area contributed by atoms with Crippen LogP contribution in [0.25, 0.3) is 0 Å². The smallest absolute Gasteiger partial charge is 0.303 e. The normalized spacial score (nSPS) is 11.0. The molecule has 0 aliphatic rings. The van der Waals surface area contributed by atoms with Crippen molar-refractivity contribution in [3.63, 3.8) is 0 Å². The highest BCUT2D eigenvalue weighted by Crippen LogP contribution is 2.06. The average molecular weight is 239 g/mol. The van der Waals surface area contributed by atoms with Crippen LogP contribution in [0, 0.1) is 5.92 Å². The zero-order chi connectivity index (χ0) is 12.7. The van der Waals surface area contributed by atoms with Crippen molar-refractivity contribution < 1.29 is 9.90 Å². The average Bonchev–Trinajstić information content (AvgIpc) is 2.65. The molecule has 0 atom stereocenters. The van der Waals surface area contributed by atoms with Gasteiger partial charge in [0.05, 0.1) is 5.69 Å². The van der Waals surface area contributed by atoms with Crippen LogP contribution in [0.4, 0.5) is 0 Å². The topological polar surface area (TPSA) is 68.0 Å². The number of hydrogen-bond acceptors (Lipinski definition) is 3. The van der Waals surface area contributed by atoms with Crippen LogP contribution in [0.2, 0.25) is 0 Å². The molecule has 0 spiro atoms. The Morgan fingerprint density at radius 2 is 2.24 bits per heavy atom. The van der Waals surface area contributed by atoms with E-state index in [0.29, 0.717) is 18.8 Å². The minimum atomic E-state index is -0.755. The molecule has 1 aromatic heterocycles. The Balaban J connectivity index is 2.25. The van der Waals surface area contributed by atoms with Gasteiger partial charge in [0.1, 0.15) is 0 Å². The van der Waals surface area contributed by atoms with Crippen LogP contribution in [0.3, 0.4) is 0 Å². The third-order valence-corrected chi connectivity index (χ3v) is 2.58. The van der Waals surface area contributed by atoms with Gasteiger partial charge >= 0.3 is 5.97 Å². The summed E-state index contributed by atoms with van der Waals surface area (Å²) in [5, 5.41) is 16.6. The second-order valence-corrected chi connectivity index (χ2v) is 4.76. The summed E-state index contributed by atoms with van der Waals surface area (Å²) >= 11 is 0. The predicted octanol–water partition coefficient (Wildman–Crippen LogP) is 2.12. The number of aromatic nitrogens is 3. The maximum atomic E-state index is 10.4. The Labute approximate surface area is 102 Å². The third-order valence-electron chi connectivity index (χ3n) is 2.58. The third kappa shape index (κ3) is 6.04. The van der Waals surface area contributed by atoms with E-state index >= 15 is 0 Å². The van der Waals surface area contributed by atoms with Crippen LogP contribution in [-0.4, -0.2) is 26.1 Å². The molecule has 1 rings (SSSR count). The molecule has 1 aromatic rings. The van der Waals surface area contributed by atoms with E-state index in [-0.39, 0.29) is 6.42 Å². The Bertz CT molecular complexity index is 347. The maximum absolute atomic E-state index is 10.4. The van der Waals surface area contributed by atoms with Gasteiger partial charge in [-0.15, -0.1) is 5.10 Å². The van der Waals surface area contributed by atoms with Gasteiger partial charge < -0.3 is 5.11 Å². The first-order chi connectivity index (χ1) is 8.08. The van der Waals surface area contributed by atoms with Crippen molar-refractivity contribution in [3.05, 3.63) is 11.9 Å². The SMILES string of the molecule is CC(C)CCCn1cc(CCCC(=O)O)nn1. The minimum Gasteiger partial charge on any atom is -0.481 e. The number of aliphatic carboxylic acids is 1. The number of carbonyl (C=O) groups is 1. The van der Waals surface area contributed by atoms with Gasteiger partial charge in [-0.1, -0.05) is 19.1 Å². The molecule has 0 radical (unpaired) electrons. The van der Waals surface area contributed by atoms with Gasteiger partial charge in [-0.05, 0) is 31.6 Å². The second kappa shape index (κ2) is 7.04. The summed E-state index contributed by atoms with van der Waals surface area (Å²) in [5.41, 5.74) is 0.885. The lowest BCUT2D eigenvalue weighted by molar-refractivity contribution is -0.137. The Hall–Kier alpha value is -1.39. The zero-order valence-corrected chi connectivity index (χ0v) is 10.6. The maximum Gasteiger partial charge on any atom is 0.303 e. The van der Waals surface area contributed by atoms with Crippen LogP contribution >= 0.6 is 0 Å². The van der Waals surface area contributed by atoms with Gasteiger partial charge in [0.15, 0.2) is 0 Å². The van der Waals surface area contributed by atoms with Crippen molar-refractivity contribution in [1.82, 2.24) is 15.0 Å². The van der Waals surface area contributed by atoms with Gasteiger partial charge in [-0.2, -0.15) is 0 Å². The second-order valence-electron chi connectivity index (χ2n) is 4.76. The summed E-state index contributed by atoms with van der Waals surface area (Å²) in [6.45, 7) is 5.31.